The Kier molecular flexibility index (Phi) is 5.62. The van der Waals surface area contributed by atoms with Crippen LogP contribution in [0.25, 0.3) is 33.5 Å². The third-order valence-corrected chi connectivity index (χ3v) is 6.06. The molecule has 2 N–H and O–H groups in total. The Morgan fingerprint density at radius 3 is 2.54 bits per heavy atom. The van der Waals surface area contributed by atoms with Gasteiger partial charge in [-0.2, -0.15) is 13.2 Å². The van der Waals surface area contributed by atoms with Crippen molar-refractivity contribution in [3.8, 4) is 22.5 Å². The van der Waals surface area contributed by atoms with Gasteiger partial charge in [-0.3, -0.25) is 4.79 Å². The monoisotopic (exact) mass is 485 g/mol. The zero-order valence-electron chi connectivity index (χ0n) is 18.2. The highest BCUT2D eigenvalue weighted by atomic mass is 19.4. The first kappa shape index (κ1) is 22.8. The third-order valence-electron chi connectivity index (χ3n) is 6.06. The van der Waals surface area contributed by atoms with E-state index in [1.807, 2.05) is 4.90 Å². The number of piperidine rings is 1. The molecular formula is C24H19F4N5O2. The van der Waals surface area contributed by atoms with Crippen molar-refractivity contribution in [2.75, 3.05) is 18.0 Å². The summed E-state index contributed by atoms with van der Waals surface area (Å²) < 4.78 is 53.9. The highest BCUT2D eigenvalue weighted by Gasteiger charge is 2.31. The summed E-state index contributed by atoms with van der Waals surface area (Å²) in [6, 6.07) is 7.53. The molecule has 0 saturated carbocycles. The molecule has 0 aliphatic carbocycles. The van der Waals surface area contributed by atoms with Gasteiger partial charge in [-0.25, -0.2) is 19.3 Å². The quantitative estimate of drug-likeness (QED) is 0.389. The highest BCUT2D eigenvalue weighted by molar-refractivity contribution is 5.81. The van der Waals surface area contributed by atoms with Crippen molar-refractivity contribution in [2.45, 2.75) is 19.0 Å². The maximum atomic E-state index is 15.0. The smallest absolute Gasteiger partial charge is 0.416 e. The fourth-order valence-corrected chi connectivity index (χ4v) is 4.19. The SMILES string of the molecule is O=C(O)C1CCCN(c2ncc(-c3ccc(-c4nc5ccc(C(F)(F)F)cc5[nH]4)c(F)c3)cn2)C1. The van der Waals surface area contributed by atoms with Crippen molar-refractivity contribution in [1.82, 2.24) is 19.9 Å². The zero-order chi connectivity index (χ0) is 24.7. The summed E-state index contributed by atoms with van der Waals surface area (Å²) in [5.74, 6) is -1.38. The molecule has 11 heteroatoms. The lowest BCUT2D eigenvalue weighted by molar-refractivity contribution is -0.142. The number of aromatic amines is 1. The normalized spacial score (nSPS) is 16.6. The molecule has 0 radical (unpaired) electrons. The molecule has 0 bridgehead atoms. The van der Waals surface area contributed by atoms with Crippen LogP contribution in [0.4, 0.5) is 23.5 Å². The van der Waals surface area contributed by atoms with E-state index in [-0.39, 0.29) is 16.9 Å². The molecule has 2 aromatic carbocycles. The van der Waals surface area contributed by atoms with Crippen LogP contribution in [0.1, 0.15) is 18.4 Å². The van der Waals surface area contributed by atoms with Gasteiger partial charge in [-0.15, -0.1) is 0 Å². The fraction of sp³-hybridized carbons (Fsp3) is 0.250. The minimum atomic E-state index is -4.49. The van der Waals surface area contributed by atoms with Crippen LogP contribution in [-0.4, -0.2) is 44.1 Å². The number of H-pyrrole nitrogens is 1. The van der Waals surface area contributed by atoms with Crippen molar-refractivity contribution in [2.24, 2.45) is 5.92 Å². The molecule has 1 unspecified atom stereocenters. The van der Waals surface area contributed by atoms with Crippen LogP contribution in [0.3, 0.4) is 0 Å². The Hall–Kier alpha value is -4.02. The summed E-state index contributed by atoms with van der Waals surface area (Å²) in [4.78, 5) is 28.7. The molecule has 1 saturated heterocycles. The van der Waals surface area contributed by atoms with Crippen LogP contribution in [0.5, 0.6) is 0 Å². The number of carbonyl (C=O) groups is 1. The second-order valence-corrected chi connectivity index (χ2v) is 8.40. The van der Waals surface area contributed by atoms with Crippen LogP contribution in [0, 0.1) is 11.7 Å². The number of benzene rings is 2. The average Bonchev–Trinajstić information content (AvgIpc) is 3.27. The van der Waals surface area contributed by atoms with E-state index in [9.17, 15) is 27.5 Å². The van der Waals surface area contributed by atoms with Gasteiger partial charge in [0.05, 0.1) is 28.1 Å². The number of imidazole rings is 1. The number of nitrogens with zero attached hydrogens (tertiary/aromatic N) is 4. The Morgan fingerprint density at radius 1 is 1.09 bits per heavy atom. The molecule has 4 aromatic rings. The van der Waals surface area contributed by atoms with E-state index in [1.54, 1.807) is 18.5 Å². The first-order valence-corrected chi connectivity index (χ1v) is 10.9. The second kappa shape index (κ2) is 8.64. The maximum absolute atomic E-state index is 15.0. The number of alkyl halides is 3. The third kappa shape index (κ3) is 4.53. The molecule has 1 aliphatic rings. The van der Waals surface area contributed by atoms with Crippen molar-refractivity contribution >= 4 is 23.0 Å². The lowest BCUT2D eigenvalue weighted by atomic mass is 9.99. The molecule has 7 nitrogen and oxygen atoms in total. The molecule has 0 spiro atoms. The maximum Gasteiger partial charge on any atom is 0.416 e. The molecule has 180 valence electrons. The average molecular weight is 485 g/mol. The first-order chi connectivity index (χ1) is 16.7. The lowest BCUT2D eigenvalue weighted by Crippen LogP contribution is -2.39. The van der Waals surface area contributed by atoms with Gasteiger partial charge in [0.15, 0.2) is 0 Å². The van der Waals surface area contributed by atoms with E-state index in [1.165, 1.54) is 18.2 Å². The Bertz CT molecular complexity index is 1400. The molecule has 0 amide bonds. The Labute approximate surface area is 196 Å². The number of hydrogen-bond donors (Lipinski definition) is 2. The summed E-state index contributed by atoms with van der Waals surface area (Å²) in [5, 5.41) is 9.26. The van der Waals surface area contributed by atoms with E-state index in [4.69, 9.17) is 0 Å². The largest absolute Gasteiger partial charge is 0.481 e. The predicted molar refractivity (Wildman–Crippen MR) is 120 cm³/mol. The number of anilines is 1. The van der Waals surface area contributed by atoms with E-state index < -0.39 is 29.4 Å². The van der Waals surface area contributed by atoms with Crippen molar-refractivity contribution in [1.29, 1.82) is 0 Å². The van der Waals surface area contributed by atoms with Crippen molar-refractivity contribution in [3.63, 3.8) is 0 Å². The van der Waals surface area contributed by atoms with E-state index in [0.717, 1.165) is 18.6 Å². The predicted octanol–water partition coefficient (Wildman–Crippen LogP) is 5.15. The van der Waals surface area contributed by atoms with Crippen LogP contribution >= 0.6 is 0 Å². The first-order valence-electron chi connectivity index (χ1n) is 10.9. The topological polar surface area (TPSA) is 95.0 Å². The van der Waals surface area contributed by atoms with Gasteiger partial charge >= 0.3 is 12.1 Å². The lowest BCUT2D eigenvalue weighted by Gasteiger charge is -2.30. The molecule has 1 aliphatic heterocycles. The van der Waals surface area contributed by atoms with Gasteiger partial charge < -0.3 is 15.0 Å². The molecule has 1 fully saturated rings. The Morgan fingerprint density at radius 2 is 1.86 bits per heavy atom. The van der Waals surface area contributed by atoms with Gasteiger partial charge in [0.1, 0.15) is 11.6 Å². The molecule has 5 rings (SSSR count). The standard InChI is InChI=1S/C24H19F4N5O2/c25-18-8-13(15-10-29-23(30-11-15)33-7-1-2-14(12-33)22(34)35)3-5-17(18)21-31-19-6-4-16(24(26,27)28)9-20(19)32-21/h3-6,8-11,14H,1-2,7,12H2,(H,31,32)(H,34,35). The molecular weight excluding hydrogens is 466 g/mol. The number of hydrogen-bond acceptors (Lipinski definition) is 5. The number of carboxylic acid groups (broad SMARTS) is 1. The number of carboxylic acids is 1. The van der Waals surface area contributed by atoms with E-state index in [0.29, 0.717) is 42.1 Å². The van der Waals surface area contributed by atoms with Crippen LogP contribution < -0.4 is 4.90 Å². The second-order valence-electron chi connectivity index (χ2n) is 8.40. The number of halogens is 4. The van der Waals surface area contributed by atoms with Gasteiger partial charge in [0, 0.05) is 31.0 Å². The minimum absolute atomic E-state index is 0.115. The van der Waals surface area contributed by atoms with Gasteiger partial charge in [-0.1, -0.05) is 6.07 Å². The van der Waals surface area contributed by atoms with Crippen LogP contribution in [-0.2, 0) is 11.0 Å². The molecule has 3 heterocycles. The van der Waals surface area contributed by atoms with Gasteiger partial charge in [0.25, 0.3) is 0 Å². The summed E-state index contributed by atoms with van der Waals surface area (Å²) in [5.41, 5.74) is 0.820. The van der Waals surface area contributed by atoms with Crippen molar-refractivity contribution in [3.05, 3.63) is 60.2 Å². The summed E-state index contributed by atoms with van der Waals surface area (Å²) >= 11 is 0. The van der Waals surface area contributed by atoms with Crippen LogP contribution in [0.15, 0.2) is 48.8 Å². The minimum Gasteiger partial charge on any atom is -0.481 e. The summed E-state index contributed by atoms with van der Waals surface area (Å²) in [6.45, 7) is 0.994. The molecule has 35 heavy (non-hydrogen) atoms. The highest BCUT2D eigenvalue weighted by Crippen LogP contribution is 2.33. The number of fused-ring (bicyclic) bond motifs is 1. The zero-order valence-corrected chi connectivity index (χ0v) is 18.2. The van der Waals surface area contributed by atoms with Gasteiger partial charge in [0.2, 0.25) is 5.95 Å². The van der Waals surface area contributed by atoms with Gasteiger partial charge in [-0.05, 0) is 48.7 Å². The number of nitrogens with one attached hydrogen (secondary N) is 1. The molecule has 2 aromatic heterocycles. The van der Waals surface area contributed by atoms with Crippen molar-refractivity contribution < 1.29 is 27.5 Å². The summed E-state index contributed by atoms with van der Waals surface area (Å²) in [7, 11) is 0. The van der Waals surface area contributed by atoms with E-state index in [2.05, 4.69) is 19.9 Å². The number of aromatic nitrogens is 4. The van der Waals surface area contributed by atoms with Crippen LogP contribution in [0.2, 0.25) is 0 Å². The summed E-state index contributed by atoms with van der Waals surface area (Å²) in [6.07, 6.45) is -0.0592. The number of rotatable bonds is 4. The molecule has 1 atom stereocenters. The number of aliphatic carboxylic acids is 1. The fourth-order valence-electron chi connectivity index (χ4n) is 4.19. The van der Waals surface area contributed by atoms with E-state index >= 15 is 0 Å². The Balaban J connectivity index is 1.38.